The molecule has 1 unspecified atom stereocenters. The van der Waals surface area contributed by atoms with E-state index in [9.17, 15) is 0 Å². The van der Waals surface area contributed by atoms with Gasteiger partial charge in [0.2, 0.25) is 0 Å². The standard InChI is InChI=1S/C58H36N4O8/c1-69-33-23-19-31(20-24-33)61-55(67)49(57(61)43-15-7-3-11-35(43)36-12-4-8-16-44(36)57)59-51(63)39-27-29-41-48-42(30-28-40(47(39)48)52(59)64)54(66)60(53(41)65)50-56(68)62(32-21-25-34(70-2)26-22-32)58(50)45-17-9-5-13-37(45)38-14-6-10-18-46(38)58/h3-30,49-50H,1-2H3/t49-,50?/m1/s1. The van der Waals surface area contributed by atoms with Crippen LogP contribution in [-0.4, -0.2) is 71.5 Å². The van der Waals surface area contributed by atoms with E-state index in [2.05, 4.69) is 0 Å². The third kappa shape index (κ3) is 4.51. The number of amides is 6. The Bertz CT molecular complexity index is 3360. The van der Waals surface area contributed by atoms with Crippen LogP contribution in [-0.2, 0) is 20.7 Å². The van der Waals surface area contributed by atoms with E-state index in [1.54, 1.807) is 72.6 Å². The highest BCUT2D eigenvalue weighted by molar-refractivity contribution is 6.35. The number of methoxy groups -OCH3 is 2. The van der Waals surface area contributed by atoms with E-state index in [1.165, 1.54) is 24.3 Å². The summed E-state index contributed by atoms with van der Waals surface area (Å²) in [4.78, 5) is 97.0. The molecule has 0 bridgehead atoms. The number of ether oxygens (including phenoxy) is 2. The van der Waals surface area contributed by atoms with Crippen LogP contribution in [0.25, 0.3) is 33.0 Å². The van der Waals surface area contributed by atoms with Gasteiger partial charge in [-0.3, -0.25) is 48.4 Å². The first-order chi connectivity index (χ1) is 34.2. The van der Waals surface area contributed by atoms with Crippen LogP contribution in [0.3, 0.4) is 0 Å². The summed E-state index contributed by atoms with van der Waals surface area (Å²) in [5.41, 5.74) is 5.23. The lowest BCUT2D eigenvalue weighted by atomic mass is 9.68. The topological polar surface area (TPSA) is 134 Å². The van der Waals surface area contributed by atoms with Gasteiger partial charge in [0.1, 0.15) is 22.6 Å². The molecule has 2 aliphatic carbocycles. The van der Waals surface area contributed by atoms with Crippen molar-refractivity contribution in [3.05, 3.63) is 214 Å². The Kier molecular flexibility index (Phi) is 7.84. The minimum absolute atomic E-state index is 0.0650. The molecule has 0 radical (unpaired) electrons. The van der Waals surface area contributed by atoms with Crippen molar-refractivity contribution in [3.63, 3.8) is 0 Å². The van der Waals surface area contributed by atoms with Crippen molar-refractivity contribution in [2.45, 2.75) is 23.2 Å². The minimum atomic E-state index is -1.32. The number of imide groups is 2. The maximum Gasteiger partial charge on any atom is 0.262 e. The maximum atomic E-state index is 15.3. The molecule has 2 atom stereocenters. The van der Waals surface area contributed by atoms with Crippen LogP contribution < -0.4 is 19.3 Å². The van der Waals surface area contributed by atoms with Crippen molar-refractivity contribution < 1.29 is 38.2 Å². The van der Waals surface area contributed by atoms with Crippen LogP contribution in [0.1, 0.15) is 63.7 Å². The largest absolute Gasteiger partial charge is 0.497 e. The van der Waals surface area contributed by atoms with Gasteiger partial charge in [-0.05, 0) is 117 Å². The molecule has 6 amide bonds. The highest BCUT2D eigenvalue weighted by Gasteiger charge is 2.72. The highest BCUT2D eigenvalue weighted by Crippen LogP contribution is 2.63. The van der Waals surface area contributed by atoms with Crippen LogP contribution in [0.4, 0.5) is 11.4 Å². The minimum Gasteiger partial charge on any atom is -0.497 e. The summed E-state index contributed by atoms with van der Waals surface area (Å²) >= 11 is 0. The molecule has 336 valence electrons. The average Bonchev–Trinajstić information content (AvgIpc) is 3.88. The van der Waals surface area contributed by atoms with Crippen molar-refractivity contribution in [2.24, 2.45) is 0 Å². The van der Waals surface area contributed by atoms with Gasteiger partial charge < -0.3 is 9.47 Å². The fourth-order valence-corrected chi connectivity index (χ4v) is 12.7. The van der Waals surface area contributed by atoms with Gasteiger partial charge in [-0.15, -0.1) is 0 Å². The molecular formula is C58H36N4O8. The quantitative estimate of drug-likeness (QED) is 0.120. The molecular weight excluding hydrogens is 881 g/mol. The smallest absolute Gasteiger partial charge is 0.262 e. The lowest BCUT2D eigenvalue weighted by Gasteiger charge is -2.59. The maximum absolute atomic E-state index is 15.3. The van der Waals surface area contributed by atoms with Gasteiger partial charge in [-0.2, -0.15) is 0 Å². The second kappa shape index (κ2) is 13.7. The summed E-state index contributed by atoms with van der Waals surface area (Å²) in [6, 6.07) is 48.4. The number of nitrogens with zero attached hydrogens (tertiary/aromatic N) is 4. The van der Waals surface area contributed by atoms with Crippen molar-refractivity contribution in [2.75, 3.05) is 24.0 Å². The number of hydrogen-bond acceptors (Lipinski definition) is 8. The molecule has 2 spiro atoms. The number of hydrogen-bond donors (Lipinski definition) is 0. The first-order valence-corrected chi connectivity index (χ1v) is 22.9. The summed E-state index contributed by atoms with van der Waals surface area (Å²) < 4.78 is 10.9. The predicted octanol–water partition coefficient (Wildman–Crippen LogP) is 8.73. The molecule has 0 N–H and O–H groups in total. The van der Waals surface area contributed by atoms with Gasteiger partial charge in [0.25, 0.3) is 35.4 Å². The molecule has 12 heteroatoms. The van der Waals surface area contributed by atoms with Crippen molar-refractivity contribution in [1.82, 2.24) is 9.80 Å². The molecule has 12 nitrogen and oxygen atoms in total. The zero-order valence-corrected chi connectivity index (χ0v) is 37.4. The van der Waals surface area contributed by atoms with E-state index in [-0.39, 0.29) is 33.0 Å². The van der Waals surface area contributed by atoms with E-state index < -0.39 is 58.6 Å². The van der Waals surface area contributed by atoms with Gasteiger partial charge in [0.05, 0.1) is 14.2 Å². The molecule has 14 rings (SSSR count). The zero-order valence-electron chi connectivity index (χ0n) is 37.4. The Hall–Kier alpha value is -9.16. The fraction of sp³-hybridized carbons (Fsp3) is 0.103. The van der Waals surface area contributed by atoms with E-state index in [1.807, 2.05) is 97.1 Å². The summed E-state index contributed by atoms with van der Waals surface area (Å²) in [5.74, 6) is -2.69. The van der Waals surface area contributed by atoms with Crippen LogP contribution in [0.15, 0.2) is 170 Å². The Morgan fingerprint density at radius 1 is 0.343 bits per heavy atom. The monoisotopic (exact) mass is 916 g/mol. The van der Waals surface area contributed by atoms with E-state index in [0.29, 0.717) is 22.9 Å². The van der Waals surface area contributed by atoms with Crippen molar-refractivity contribution in [3.8, 4) is 33.8 Å². The zero-order chi connectivity index (χ0) is 47.5. The number of carbonyl (C=O) groups is 6. The van der Waals surface area contributed by atoms with Gasteiger partial charge >= 0.3 is 0 Å². The third-order valence-corrected chi connectivity index (χ3v) is 15.5. The predicted molar refractivity (Wildman–Crippen MR) is 259 cm³/mol. The molecule has 2 saturated heterocycles. The number of anilines is 2. The van der Waals surface area contributed by atoms with Gasteiger partial charge in [-0.1, -0.05) is 97.1 Å². The first-order valence-electron chi connectivity index (χ1n) is 22.9. The highest BCUT2D eigenvalue weighted by atomic mass is 16.5. The molecule has 8 aromatic rings. The molecule has 4 heterocycles. The summed E-state index contributed by atoms with van der Waals surface area (Å²) in [6.07, 6.45) is 0. The molecule has 8 aromatic carbocycles. The van der Waals surface area contributed by atoms with Crippen LogP contribution in [0, 0.1) is 0 Å². The van der Waals surface area contributed by atoms with Crippen molar-refractivity contribution in [1.29, 1.82) is 0 Å². The Morgan fingerprint density at radius 3 is 0.886 bits per heavy atom. The van der Waals surface area contributed by atoms with Crippen LogP contribution in [0.2, 0.25) is 0 Å². The third-order valence-electron chi connectivity index (χ3n) is 15.5. The normalized spacial score (nSPS) is 19.3. The van der Waals surface area contributed by atoms with E-state index in [4.69, 9.17) is 9.47 Å². The Morgan fingerprint density at radius 2 is 0.614 bits per heavy atom. The Labute approximate surface area is 399 Å². The number of rotatable bonds is 6. The average molecular weight is 917 g/mol. The summed E-state index contributed by atoms with van der Waals surface area (Å²) in [5, 5.41) is 0.294. The van der Waals surface area contributed by atoms with Crippen molar-refractivity contribution >= 4 is 57.6 Å². The molecule has 4 aliphatic heterocycles. The number of fused-ring (bicyclic) bond motifs is 10. The summed E-state index contributed by atoms with van der Waals surface area (Å²) in [7, 11) is 3.12. The molecule has 2 fully saturated rings. The van der Waals surface area contributed by atoms with Gasteiger partial charge in [0, 0.05) is 44.4 Å². The SMILES string of the molecule is COc1ccc(N2C(=O)C(N3C(=O)c4ccc5c6c(ccc(c46)C3=O)C(=O)N([C@@H]3C(=O)N(c4ccc(OC)cc4)C34c3ccccc3-c3ccccc34)C5=O)C23c2ccccc2-c2ccccc23)cc1. The second-order valence-electron chi connectivity index (χ2n) is 18.3. The summed E-state index contributed by atoms with van der Waals surface area (Å²) in [6.45, 7) is 0. The van der Waals surface area contributed by atoms with Crippen LogP contribution in [0.5, 0.6) is 11.5 Å². The Balaban J connectivity index is 0.905. The first kappa shape index (κ1) is 40.0. The van der Waals surface area contributed by atoms with E-state index >= 15 is 28.8 Å². The van der Waals surface area contributed by atoms with Gasteiger partial charge in [0.15, 0.2) is 12.1 Å². The molecule has 0 aromatic heterocycles. The lowest BCUT2D eigenvalue weighted by Crippen LogP contribution is -2.79. The molecule has 70 heavy (non-hydrogen) atoms. The molecule has 0 saturated carbocycles. The van der Waals surface area contributed by atoms with Crippen LogP contribution >= 0.6 is 0 Å². The lowest BCUT2D eigenvalue weighted by molar-refractivity contribution is -0.134. The van der Waals surface area contributed by atoms with Gasteiger partial charge in [-0.25, -0.2) is 0 Å². The molecule has 6 aliphatic rings. The number of β-lactam (4-membered cyclic amide) rings is 2. The van der Waals surface area contributed by atoms with E-state index in [0.717, 1.165) is 54.3 Å². The number of benzene rings is 8. The number of carbonyl (C=O) groups excluding carboxylic acids is 6. The second-order valence-corrected chi connectivity index (χ2v) is 18.3. The fourth-order valence-electron chi connectivity index (χ4n) is 12.7.